The smallest absolute Gasteiger partial charge is 0.183 e. The fourth-order valence-corrected chi connectivity index (χ4v) is 4.92. The molecule has 0 radical (unpaired) electrons. The van der Waals surface area contributed by atoms with E-state index in [0.29, 0.717) is 11.9 Å². The zero-order chi connectivity index (χ0) is 24.3. The molecule has 0 unspecified atom stereocenters. The highest BCUT2D eigenvalue weighted by Crippen LogP contribution is 2.33. The number of benzene rings is 1. The molecule has 0 bridgehead atoms. The maximum Gasteiger partial charge on any atom is 0.183 e. The second-order valence-corrected chi connectivity index (χ2v) is 9.26. The average Bonchev–Trinajstić information content (AvgIpc) is 3.36. The lowest BCUT2D eigenvalue weighted by atomic mass is 9.93. The Hall–Kier alpha value is -3.86. The Labute approximate surface area is 208 Å². The molecule has 2 fully saturated rings. The van der Waals surface area contributed by atoms with Gasteiger partial charge >= 0.3 is 0 Å². The van der Waals surface area contributed by atoms with Crippen molar-refractivity contribution < 1.29 is 9.47 Å². The van der Waals surface area contributed by atoms with E-state index in [4.69, 9.17) is 9.47 Å². The van der Waals surface area contributed by atoms with Crippen LogP contribution in [0.2, 0.25) is 0 Å². The predicted octanol–water partition coefficient (Wildman–Crippen LogP) is 2.85. The van der Waals surface area contributed by atoms with Crippen molar-refractivity contribution in [3.63, 3.8) is 0 Å². The number of rotatable bonds is 6. The van der Waals surface area contributed by atoms with Crippen LogP contribution in [0.5, 0.6) is 5.75 Å². The highest BCUT2D eigenvalue weighted by molar-refractivity contribution is 5.85. The lowest BCUT2D eigenvalue weighted by Gasteiger charge is -2.31. The van der Waals surface area contributed by atoms with E-state index in [0.717, 1.165) is 85.8 Å². The molecular weight excluding hydrogens is 458 g/mol. The summed E-state index contributed by atoms with van der Waals surface area (Å²) in [6.45, 7) is 3.21. The molecule has 0 atom stereocenters. The summed E-state index contributed by atoms with van der Waals surface area (Å²) in [5, 5.41) is 15.2. The molecule has 1 aliphatic heterocycles. The van der Waals surface area contributed by atoms with Gasteiger partial charge in [0, 0.05) is 62.1 Å². The molecular formula is C25H29N9O2. The first-order chi connectivity index (χ1) is 17.7. The molecule has 4 aromatic rings. The molecule has 4 heterocycles. The molecule has 2 aliphatic rings. The first-order valence-electron chi connectivity index (χ1n) is 12.4. The van der Waals surface area contributed by atoms with E-state index in [1.807, 2.05) is 19.2 Å². The summed E-state index contributed by atoms with van der Waals surface area (Å²) < 4.78 is 13.7. The SMILES string of the molecule is Cn1nnnc1-c1ccc(N[C@H]2CC[C@@H](Oc3cc(N4CCOCC4)cc4nccnc34)CC2)nc1. The van der Waals surface area contributed by atoms with Gasteiger partial charge in [-0.15, -0.1) is 5.10 Å². The summed E-state index contributed by atoms with van der Waals surface area (Å²) in [4.78, 5) is 16.0. The number of ether oxygens (including phenoxy) is 2. The van der Waals surface area contributed by atoms with E-state index >= 15 is 0 Å². The number of aryl methyl sites for hydroxylation is 1. The Balaban J connectivity index is 1.10. The Kier molecular flexibility index (Phi) is 6.29. The highest BCUT2D eigenvalue weighted by Gasteiger charge is 2.24. The van der Waals surface area contributed by atoms with Gasteiger partial charge in [0.15, 0.2) is 5.82 Å². The second-order valence-electron chi connectivity index (χ2n) is 9.26. The van der Waals surface area contributed by atoms with Gasteiger partial charge < -0.3 is 19.7 Å². The largest absolute Gasteiger partial charge is 0.488 e. The Bertz CT molecular complexity index is 1310. The van der Waals surface area contributed by atoms with Crippen molar-refractivity contribution in [1.29, 1.82) is 0 Å². The standard InChI is InChI=1S/C25H29N9O2/c1-33-25(30-31-32-33)17-2-7-23(28-16-17)29-18-3-5-20(6-4-18)36-22-15-19(34-10-12-35-13-11-34)14-21-24(22)27-9-8-26-21/h2,7-9,14-16,18,20H,3-6,10-13H2,1H3,(H,28,29)/t18-,20+. The molecule has 0 amide bonds. The molecule has 11 nitrogen and oxygen atoms in total. The number of hydrogen-bond donors (Lipinski definition) is 1. The minimum Gasteiger partial charge on any atom is -0.488 e. The third-order valence-corrected chi connectivity index (χ3v) is 6.86. The van der Waals surface area contributed by atoms with E-state index in [1.165, 1.54) is 0 Å². The van der Waals surface area contributed by atoms with Crippen LogP contribution in [-0.2, 0) is 11.8 Å². The van der Waals surface area contributed by atoms with Gasteiger partial charge in [0.25, 0.3) is 0 Å². The van der Waals surface area contributed by atoms with Gasteiger partial charge in [-0.1, -0.05) is 0 Å². The number of hydrogen-bond acceptors (Lipinski definition) is 10. The molecule has 11 heteroatoms. The summed E-state index contributed by atoms with van der Waals surface area (Å²) in [6.07, 6.45) is 9.35. The summed E-state index contributed by atoms with van der Waals surface area (Å²) in [6, 6.07) is 8.54. The van der Waals surface area contributed by atoms with Crippen molar-refractivity contribution in [3.8, 4) is 17.1 Å². The van der Waals surface area contributed by atoms with Crippen LogP contribution in [0.1, 0.15) is 25.7 Å². The molecule has 6 rings (SSSR count). The highest BCUT2D eigenvalue weighted by atomic mass is 16.5. The van der Waals surface area contributed by atoms with Crippen molar-refractivity contribution in [3.05, 3.63) is 42.9 Å². The van der Waals surface area contributed by atoms with E-state index < -0.39 is 0 Å². The number of nitrogens with one attached hydrogen (secondary N) is 1. The van der Waals surface area contributed by atoms with E-state index in [1.54, 1.807) is 23.3 Å². The van der Waals surface area contributed by atoms with Gasteiger partial charge in [0.05, 0.1) is 24.8 Å². The van der Waals surface area contributed by atoms with Crippen molar-refractivity contribution in [1.82, 2.24) is 35.2 Å². The Morgan fingerprint density at radius 3 is 2.58 bits per heavy atom. The van der Waals surface area contributed by atoms with Gasteiger partial charge in [-0.3, -0.25) is 4.98 Å². The molecule has 1 aliphatic carbocycles. The maximum absolute atomic E-state index is 6.54. The first kappa shape index (κ1) is 22.6. The zero-order valence-corrected chi connectivity index (χ0v) is 20.2. The van der Waals surface area contributed by atoms with Gasteiger partial charge in [-0.25, -0.2) is 14.6 Å². The second kappa shape index (κ2) is 10.0. The van der Waals surface area contributed by atoms with Crippen molar-refractivity contribution >= 4 is 22.5 Å². The van der Waals surface area contributed by atoms with Crippen LogP contribution in [-0.4, -0.2) is 73.6 Å². The molecule has 1 saturated carbocycles. The molecule has 1 saturated heterocycles. The van der Waals surface area contributed by atoms with Gasteiger partial charge in [-0.05, 0) is 54.3 Å². The van der Waals surface area contributed by atoms with Gasteiger partial charge in [0.2, 0.25) is 0 Å². The Morgan fingerprint density at radius 2 is 1.83 bits per heavy atom. The number of anilines is 2. The minimum atomic E-state index is 0.145. The number of aromatic nitrogens is 7. The zero-order valence-electron chi connectivity index (χ0n) is 20.2. The summed E-state index contributed by atoms with van der Waals surface area (Å²) >= 11 is 0. The van der Waals surface area contributed by atoms with Crippen LogP contribution in [0.15, 0.2) is 42.9 Å². The lowest BCUT2D eigenvalue weighted by molar-refractivity contribution is 0.122. The third kappa shape index (κ3) is 4.78. The molecule has 0 spiro atoms. The normalized spacial score (nSPS) is 20.4. The van der Waals surface area contributed by atoms with Crippen LogP contribution < -0.4 is 15.0 Å². The van der Waals surface area contributed by atoms with Gasteiger partial charge in [0.1, 0.15) is 17.1 Å². The number of pyridine rings is 1. The van der Waals surface area contributed by atoms with Crippen molar-refractivity contribution in [2.45, 2.75) is 37.8 Å². The molecule has 3 aromatic heterocycles. The summed E-state index contributed by atoms with van der Waals surface area (Å²) in [5.74, 6) is 2.37. The van der Waals surface area contributed by atoms with Crippen LogP contribution in [0.4, 0.5) is 11.5 Å². The van der Waals surface area contributed by atoms with Crippen molar-refractivity contribution in [2.75, 3.05) is 36.5 Å². The first-order valence-corrected chi connectivity index (χ1v) is 12.4. The number of tetrazole rings is 1. The molecule has 1 aromatic carbocycles. The van der Waals surface area contributed by atoms with E-state index in [2.05, 4.69) is 52.8 Å². The molecule has 186 valence electrons. The Morgan fingerprint density at radius 1 is 1.00 bits per heavy atom. The van der Waals surface area contributed by atoms with E-state index in [-0.39, 0.29) is 6.10 Å². The fraction of sp³-hybridized carbons (Fsp3) is 0.440. The molecule has 1 N–H and O–H groups in total. The third-order valence-electron chi connectivity index (χ3n) is 6.86. The maximum atomic E-state index is 6.54. The van der Waals surface area contributed by atoms with Crippen LogP contribution in [0, 0.1) is 0 Å². The topological polar surface area (TPSA) is 116 Å². The predicted molar refractivity (Wildman–Crippen MR) is 135 cm³/mol. The average molecular weight is 488 g/mol. The minimum absolute atomic E-state index is 0.145. The fourth-order valence-electron chi connectivity index (χ4n) is 4.92. The van der Waals surface area contributed by atoms with Gasteiger partial charge in [-0.2, -0.15) is 0 Å². The summed E-state index contributed by atoms with van der Waals surface area (Å²) in [5.41, 5.74) is 3.68. The molecule has 36 heavy (non-hydrogen) atoms. The van der Waals surface area contributed by atoms with E-state index in [9.17, 15) is 0 Å². The summed E-state index contributed by atoms with van der Waals surface area (Å²) in [7, 11) is 1.82. The van der Waals surface area contributed by atoms with Crippen LogP contribution in [0.25, 0.3) is 22.4 Å². The van der Waals surface area contributed by atoms with Crippen LogP contribution >= 0.6 is 0 Å². The lowest BCUT2D eigenvalue weighted by Crippen LogP contribution is -2.36. The van der Waals surface area contributed by atoms with Crippen LogP contribution in [0.3, 0.4) is 0 Å². The number of morpholine rings is 1. The monoisotopic (exact) mass is 487 g/mol. The quantitative estimate of drug-likeness (QED) is 0.435. The van der Waals surface area contributed by atoms with Crippen molar-refractivity contribution in [2.24, 2.45) is 7.05 Å². The number of nitrogens with zero attached hydrogens (tertiary/aromatic N) is 8. The number of fused-ring (bicyclic) bond motifs is 1.